The van der Waals surface area contributed by atoms with Crippen LogP contribution in [0, 0.1) is 0 Å². The summed E-state index contributed by atoms with van der Waals surface area (Å²) in [5.74, 6) is 1.93. The summed E-state index contributed by atoms with van der Waals surface area (Å²) in [6.45, 7) is 0.916. The molecule has 0 aliphatic heterocycles. The van der Waals surface area contributed by atoms with Gasteiger partial charge in [-0.15, -0.1) is 0 Å². The van der Waals surface area contributed by atoms with Gasteiger partial charge in [-0.3, -0.25) is 4.98 Å². The molecule has 0 saturated heterocycles. The van der Waals surface area contributed by atoms with E-state index in [0.29, 0.717) is 24.9 Å². The number of aliphatic hydroxyl groups is 1. The maximum Gasteiger partial charge on any atom is 0.225 e. The van der Waals surface area contributed by atoms with Crippen LogP contribution in [0.5, 0.6) is 0 Å². The molecule has 0 fully saturated rings. The molecule has 0 spiro atoms. The van der Waals surface area contributed by atoms with Crippen LogP contribution in [0.15, 0.2) is 53.4 Å². The molecule has 3 aromatic rings. The van der Waals surface area contributed by atoms with Gasteiger partial charge in [0.05, 0.1) is 25.1 Å². The highest BCUT2D eigenvalue weighted by Crippen LogP contribution is 2.21. The van der Waals surface area contributed by atoms with Crippen molar-refractivity contribution in [2.75, 3.05) is 23.8 Å². The minimum atomic E-state index is 0.00956. The highest BCUT2D eigenvalue weighted by Gasteiger charge is 2.07. The third kappa shape index (κ3) is 4.04. The molecule has 23 heavy (non-hydrogen) atoms. The van der Waals surface area contributed by atoms with Crippen LogP contribution in [0.3, 0.4) is 0 Å². The van der Waals surface area contributed by atoms with E-state index >= 15 is 0 Å². The van der Waals surface area contributed by atoms with E-state index in [2.05, 4.69) is 25.6 Å². The van der Waals surface area contributed by atoms with E-state index in [-0.39, 0.29) is 6.61 Å². The second-order valence-corrected chi connectivity index (χ2v) is 4.79. The molecular weight excluding hydrogens is 294 g/mol. The Balaban J connectivity index is 1.84. The Morgan fingerprint density at radius 3 is 2.83 bits per heavy atom. The Morgan fingerprint density at radius 2 is 2.09 bits per heavy atom. The summed E-state index contributed by atoms with van der Waals surface area (Å²) in [5, 5.41) is 15.1. The fraction of sp³-hybridized carbons (Fsp3) is 0.188. The quantitative estimate of drug-likeness (QED) is 0.615. The van der Waals surface area contributed by atoms with Gasteiger partial charge in [0, 0.05) is 30.6 Å². The van der Waals surface area contributed by atoms with E-state index in [1.807, 2.05) is 30.3 Å². The highest BCUT2D eigenvalue weighted by atomic mass is 16.3. The summed E-state index contributed by atoms with van der Waals surface area (Å²) >= 11 is 0. The fourth-order valence-corrected chi connectivity index (χ4v) is 2.04. The van der Waals surface area contributed by atoms with E-state index in [1.165, 1.54) is 0 Å². The molecule has 7 nitrogen and oxygen atoms in total. The summed E-state index contributed by atoms with van der Waals surface area (Å²) in [6, 6.07) is 9.37. The van der Waals surface area contributed by atoms with Gasteiger partial charge in [0.15, 0.2) is 0 Å². The maximum absolute atomic E-state index is 8.96. The minimum Gasteiger partial charge on any atom is -0.467 e. The van der Waals surface area contributed by atoms with Crippen LogP contribution in [0.2, 0.25) is 0 Å². The van der Waals surface area contributed by atoms with Gasteiger partial charge in [-0.05, 0) is 24.3 Å². The number of aliphatic hydroxyl groups excluding tert-OH is 1. The Hall–Kier alpha value is -2.93. The number of aromatic nitrogens is 3. The third-order valence-corrected chi connectivity index (χ3v) is 3.10. The lowest BCUT2D eigenvalue weighted by Crippen LogP contribution is -2.11. The molecule has 7 heteroatoms. The monoisotopic (exact) mass is 311 g/mol. The average molecular weight is 311 g/mol. The van der Waals surface area contributed by atoms with Crippen molar-refractivity contribution in [3.63, 3.8) is 0 Å². The van der Waals surface area contributed by atoms with Crippen LogP contribution < -0.4 is 10.6 Å². The molecule has 3 rings (SSSR count). The van der Waals surface area contributed by atoms with Crippen molar-refractivity contribution in [2.45, 2.75) is 6.54 Å². The molecule has 0 saturated carbocycles. The van der Waals surface area contributed by atoms with Gasteiger partial charge in [-0.2, -0.15) is 4.98 Å². The molecule has 0 aromatic carbocycles. The second kappa shape index (κ2) is 7.37. The Kier molecular flexibility index (Phi) is 4.80. The number of rotatable bonds is 7. The molecule has 0 aliphatic rings. The molecular formula is C16H17N5O2. The van der Waals surface area contributed by atoms with Crippen molar-refractivity contribution in [3.05, 3.63) is 54.7 Å². The number of hydrogen-bond donors (Lipinski definition) is 3. The van der Waals surface area contributed by atoms with Crippen molar-refractivity contribution in [1.29, 1.82) is 0 Å². The number of nitrogens with zero attached hydrogens (tertiary/aromatic N) is 3. The van der Waals surface area contributed by atoms with Crippen LogP contribution in [0.1, 0.15) is 5.76 Å². The zero-order valence-electron chi connectivity index (χ0n) is 12.4. The smallest absolute Gasteiger partial charge is 0.225 e. The minimum absolute atomic E-state index is 0.00956. The van der Waals surface area contributed by atoms with Gasteiger partial charge in [-0.1, -0.05) is 0 Å². The predicted octanol–water partition coefficient (Wildman–Crippen LogP) is 2.15. The van der Waals surface area contributed by atoms with Gasteiger partial charge in [0.1, 0.15) is 11.6 Å². The molecule has 0 aliphatic carbocycles. The van der Waals surface area contributed by atoms with Gasteiger partial charge >= 0.3 is 0 Å². The number of anilines is 2. The fourth-order valence-electron chi connectivity index (χ4n) is 2.04. The Morgan fingerprint density at radius 1 is 1.13 bits per heavy atom. The van der Waals surface area contributed by atoms with Crippen LogP contribution >= 0.6 is 0 Å². The van der Waals surface area contributed by atoms with E-state index in [9.17, 15) is 0 Å². The third-order valence-electron chi connectivity index (χ3n) is 3.10. The zero-order chi connectivity index (χ0) is 15.9. The molecule has 0 atom stereocenters. The lowest BCUT2D eigenvalue weighted by molar-refractivity contribution is 0.311. The average Bonchev–Trinajstić information content (AvgIpc) is 3.12. The normalized spacial score (nSPS) is 10.5. The first-order chi connectivity index (χ1) is 11.3. The standard InChI is InChI=1S/C16H17N5O2/c22-7-6-18-16-20-14(12-3-1-5-17-10-12)9-15(21-16)19-11-13-4-2-8-23-13/h1-5,8-10,22H,6-7,11H2,(H2,18,19,20,21). The first-order valence-corrected chi connectivity index (χ1v) is 7.25. The summed E-state index contributed by atoms with van der Waals surface area (Å²) in [5.41, 5.74) is 1.64. The number of hydrogen-bond acceptors (Lipinski definition) is 7. The molecule has 0 amide bonds. The van der Waals surface area contributed by atoms with Crippen LogP contribution in [-0.2, 0) is 6.54 Å². The summed E-state index contributed by atoms with van der Waals surface area (Å²) in [4.78, 5) is 13.0. The molecule has 3 heterocycles. The molecule has 3 aromatic heterocycles. The van der Waals surface area contributed by atoms with Gasteiger partial charge in [0.25, 0.3) is 0 Å². The first-order valence-electron chi connectivity index (χ1n) is 7.25. The van der Waals surface area contributed by atoms with Crippen LogP contribution in [-0.4, -0.2) is 33.2 Å². The van der Waals surface area contributed by atoms with E-state index in [1.54, 1.807) is 18.7 Å². The van der Waals surface area contributed by atoms with Gasteiger partial charge in [-0.25, -0.2) is 4.98 Å². The van der Waals surface area contributed by atoms with Crippen LogP contribution in [0.4, 0.5) is 11.8 Å². The van der Waals surface area contributed by atoms with Crippen molar-refractivity contribution in [2.24, 2.45) is 0 Å². The second-order valence-electron chi connectivity index (χ2n) is 4.79. The summed E-state index contributed by atoms with van der Waals surface area (Å²) in [6.07, 6.45) is 5.09. The summed E-state index contributed by atoms with van der Waals surface area (Å²) in [7, 11) is 0. The SMILES string of the molecule is OCCNc1nc(NCc2ccco2)cc(-c2cccnc2)n1. The number of pyridine rings is 1. The number of furan rings is 1. The molecule has 118 valence electrons. The lowest BCUT2D eigenvalue weighted by atomic mass is 10.2. The van der Waals surface area contributed by atoms with Crippen molar-refractivity contribution in [3.8, 4) is 11.3 Å². The van der Waals surface area contributed by atoms with Crippen molar-refractivity contribution >= 4 is 11.8 Å². The lowest BCUT2D eigenvalue weighted by Gasteiger charge is -2.10. The van der Waals surface area contributed by atoms with Crippen molar-refractivity contribution in [1.82, 2.24) is 15.0 Å². The maximum atomic E-state index is 8.96. The predicted molar refractivity (Wildman–Crippen MR) is 86.9 cm³/mol. The first kappa shape index (κ1) is 15.0. The van der Waals surface area contributed by atoms with Gasteiger partial charge < -0.3 is 20.2 Å². The molecule has 0 radical (unpaired) electrons. The topological polar surface area (TPSA) is 96.1 Å². The Bertz CT molecular complexity index is 731. The largest absolute Gasteiger partial charge is 0.467 e. The van der Waals surface area contributed by atoms with E-state index in [0.717, 1.165) is 17.0 Å². The van der Waals surface area contributed by atoms with E-state index in [4.69, 9.17) is 9.52 Å². The summed E-state index contributed by atoms with van der Waals surface area (Å²) < 4.78 is 5.30. The molecule has 0 bridgehead atoms. The zero-order valence-corrected chi connectivity index (χ0v) is 12.4. The van der Waals surface area contributed by atoms with Gasteiger partial charge in [0.2, 0.25) is 5.95 Å². The van der Waals surface area contributed by atoms with Crippen LogP contribution in [0.25, 0.3) is 11.3 Å². The molecule has 3 N–H and O–H groups in total. The molecule has 0 unspecified atom stereocenters. The Labute approximate surface area is 133 Å². The highest BCUT2D eigenvalue weighted by molar-refractivity contribution is 5.63. The van der Waals surface area contributed by atoms with E-state index < -0.39 is 0 Å². The van der Waals surface area contributed by atoms with Crippen molar-refractivity contribution < 1.29 is 9.52 Å². The number of nitrogens with one attached hydrogen (secondary N) is 2.